The first-order valence-electron chi connectivity index (χ1n) is 8.61. The molecule has 2 aromatic rings. The van der Waals surface area contributed by atoms with Crippen molar-refractivity contribution in [1.29, 1.82) is 0 Å². The predicted octanol–water partition coefficient (Wildman–Crippen LogP) is 3.43. The summed E-state index contributed by atoms with van der Waals surface area (Å²) in [6, 6.07) is 15.7. The van der Waals surface area contributed by atoms with Crippen LogP contribution in [0.3, 0.4) is 0 Å². The number of hydrogen-bond acceptors (Lipinski definition) is 2. The van der Waals surface area contributed by atoms with Crippen LogP contribution in [0.15, 0.2) is 48.5 Å². The van der Waals surface area contributed by atoms with Gasteiger partial charge in [0.05, 0.1) is 12.0 Å². The molecular formula is C21H24N2O2. The van der Waals surface area contributed by atoms with E-state index in [9.17, 15) is 9.59 Å². The molecule has 0 aromatic heterocycles. The summed E-state index contributed by atoms with van der Waals surface area (Å²) in [7, 11) is 1.70. The van der Waals surface area contributed by atoms with Gasteiger partial charge in [-0.2, -0.15) is 0 Å². The number of carbonyl (C=O) groups excluding carboxylic acids is 2. The molecule has 4 heteroatoms. The van der Waals surface area contributed by atoms with Gasteiger partial charge < -0.3 is 10.2 Å². The van der Waals surface area contributed by atoms with Crippen LogP contribution in [-0.2, 0) is 15.0 Å². The second kappa shape index (κ2) is 6.71. The lowest BCUT2D eigenvalue weighted by Gasteiger charge is -2.24. The second-order valence-electron chi connectivity index (χ2n) is 6.92. The number of nitrogens with one attached hydrogen (secondary N) is 1. The average Bonchev–Trinajstić information content (AvgIpc) is 3.40. The highest BCUT2D eigenvalue weighted by Crippen LogP contribution is 2.49. The number of para-hydroxylation sites is 1. The molecule has 130 valence electrons. The van der Waals surface area contributed by atoms with Gasteiger partial charge in [0.2, 0.25) is 11.8 Å². The molecule has 4 nitrogen and oxygen atoms in total. The topological polar surface area (TPSA) is 49.4 Å². The molecular weight excluding hydrogens is 312 g/mol. The van der Waals surface area contributed by atoms with Crippen LogP contribution in [0.5, 0.6) is 0 Å². The van der Waals surface area contributed by atoms with Gasteiger partial charge in [0, 0.05) is 12.7 Å². The zero-order valence-corrected chi connectivity index (χ0v) is 15.0. The monoisotopic (exact) mass is 336 g/mol. The number of carbonyl (C=O) groups is 2. The molecule has 2 amide bonds. The van der Waals surface area contributed by atoms with Gasteiger partial charge in [-0.25, -0.2) is 0 Å². The number of likely N-dealkylation sites (N-methyl/N-ethyl adjacent to an activating group) is 1. The Morgan fingerprint density at radius 2 is 1.60 bits per heavy atom. The van der Waals surface area contributed by atoms with E-state index in [1.165, 1.54) is 0 Å². The zero-order chi connectivity index (χ0) is 18.0. The van der Waals surface area contributed by atoms with Crippen LogP contribution in [0, 0.1) is 13.8 Å². The Balaban J connectivity index is 1.67. The van der Waals surface area contributed by atoms with Crippen LogP contribution in [0.4, 0.5) is 5.69 Å². The Bertz CT molecular complexity index is 775. The van der Waals surface area contributed by atoms with Gasteiger partial charge in [-0.05, 0) is 43.4 Å². The van der Waals surface area contributed by atoms with Crippen LogP contribution >= 0.6 is 0 Å². The van der Waals surface area contributed by atoms with Crippen molar-refractivity contribution < 1.29 is 9.59 Å². The van der Waals surface area contributed by atoms with Gasteiger partial charge >= 0.3 is 0 Å². The van der Waals surface area contributed by atoms with E-state index >= 15 is 0 Å². The number of amides is 2. The number of benzene rings is 2. The summed E-state index contributed by atoms with van der Waals surface area (Å²) in [6.45, 7) is 3.99. The van der Waals surface area contributed by atoms with E-state index in [1.807, 2.05) is 62.4 Å². The minimum absolute atomic E-state index is 0.0235. The molecule has 0 radical (unpaired) electrons. The van der Waals surface area contributed by atoms with Gasteiger partial charge in [0.1, 0.15) is 0 Å². The summed E-state index contributed by atoms with van der Waals surface area (Å²) < 4.78 is 0. The predicted molar refractivity (Wildman–Crippen MR) is 99.5 cm³/mol. The molecule has 1 aliphatic carbocycles. The Morgan fingerprint density at radius 1 is 1.00 bits per heavy atom. The molecule has 1 N–H and O–H groups in total. The van der Waals surface area contributed by atoms with Gasteiger partial charge in [-0.3, -0.25) is 9.59 Å². The van der Waals surface area contributed by atoms with Gasteiger partial charge in [-0.15, -0.1) is 0 Å². The highest BCUT2D eigenvalue weighted by atomic mass is 16.2. The molecule has 0 unspecified atom stereocenters. The number of anilines is 1. The largest absolute Gasteiger partial charge is 0.336 e. The highest BCUT2D eigenvalue weighted by Gasteiger charge is 2.52. The van der Waals surface area contributed by atoms with Crippen LogP contribution in [0.25, 0.3) is 0 Å². The summed E-state index contributed by atoms with van der Waals surface area (Å²) in [5, 5.41) is 2.94. The molecule has 3 rings (SSSR count). The summed E-state index contributed by atoms with van der Waals surface area (Å²) in [5.74, 6) is -0.146. The van der Waals surface area contributed by atoms with Crippen molar-refractivity contribution in [3.05, 3.63) is 65.2 Å². The van der Waals surface area contributed by atoms with Gasteiger partial charge in [0.15, 0.2) is 0 Å². The lowest BCUT2D eigenvalue weighted by molar-refractivity contribution is -0.135. The average molecular weight is 336 g/mol. The molecule has 0 atom stereocenters. The number of rotatable bonds is 5. The first-order valence-corrected chi connectivity index (χ1v) is 8.61. The minimum Gasteiger partial charge on any atom is -0.336 e. The van der Waals surface area contributed by atoms with Crippen LogP contribution in [-0.4, -0.2) is 30.3 Å². The normalized spacial score (nSPS) is 14.7. The fourth-order valence-electron chi connectivity index (χ4n) is 3.35. The highest BCUT2D eigenvalue weighted by molar-refractivity contribution is 5.98. The maximum atomic E-state index is 12.9. The Hall–Kier alpha value is -2.62. The minimum atomic E-state index is -0.436. The molecule has 0 saturated heterocycles. The number of aryl methyl sites for hydroxylation is 2. The van der Waals surface area contributed by atoms with Crippen molar-refractivity contribution in [2.75, 3.05) is 18.9 Å². The Labute approximate surface area is 148 Å². The van der Waals surface area contributed by atoms with Gasteiger partial charge in [-0.1, -0.05) is 48.5 Å². The van der Waals surface area contributed by atoms with Crippen LogP contribution in [0.2, 0.25) is 0 Å². The van der Waals surface area contributed by atoms with E-state index in [0.717, 1.165) is 35.2 Å². The summed E-state index contributed by atoms with van der Waals surface area (Å²) in [4.78, 5) is 26.9. The Kier molecular flexibility index (Phi) is 4.62. The molecule has 25 heavy (non-hydrogen) atoms. The first kappa shape index (κ1) is 17.2. The fourth-order valence-corrected chi connectivity index (χ4v) is 3.35. The molecule has 0 aliphatic heterocycles. The van der Waals surface area contributed by atoms with Crippen molar-refractivity contribution in [1.82, 2.24) is 4.90 Å². The molecule has 1 fully saturated rings. The smallest absolute Gasteiger partial charge is 0.243 e. The maximum Gasteiger partial charge on any atom is 0.243 e. The van der Waals surface area contributed by atoms with Crippen molar-refractivity contribution in [3.8, 4) is 0 Å². The molecule has 2 aromatic carbocycles. The summed E-state index contributed by atoms with van der Waals surface area (Å²) >= 11 is 0. The molecule has 1 aliphatic rings. The van der Waals surface area contributed by atoms with Crippen molar-refractivity contribution in [2.24, 2.45) is 0 Å². The SMILES string of the molecule is Cc1cccc(C)c1NC(=O)CN(C)C(=O)C1(c2ccccc2)CC1. The third-order valence-corrected chi connectivity index (χ3v) is 4.96. The standard InChI is InChI=1S/C21H24N2O2/c1-15-8-7-9-16(2)19(15)22-18(24)14-23(3)20(25)21(12-13-21)17-10-5-4-6-11-17/h4-11H,12-14H2,1-3H3,(H,22,24). The van der Waals surface area contributed by atoms with E-state index in [4.69, 9.17) is 0 Å². The van der Waals surface area contributed by atoms with E-state index in [0.29, 0.717) is 0 Å². The second-order valence-corrected chi connectivity index (χ2v) is 6.92. The lowest BCUT2D eigenvalue weighted by atomic mass is 9.94. The number of nitrogens with zero attached hydrogens (tertiary/aromatic N) is 1. The van der Waals surface area contributed by atoms with E-state index in [-0.39, 0.29) is 18.4 Å². The van der Waals surface area contributed by atoms with Crippen LogP contribution < -0.4 is 5.32 Å². The molecule has 1 saturated carbocycles. The van der Waals surface area contributed by atoms with E-state index in [2.05, 4.69) is 5.32 Å². The third-order valence-electron chi connectivity index (χ3n) is 4.96. The lowest BCUT2D eigenvalue weighted by Crippen LogP contribution is -2.41. The van der Waals surface area contributed by atoms with Crippen molar-refractivity contribution in [3.63, 3.8) is 0 Å². The molecule has 0 bridgehead atoms. The van der Waals surface area contributed by atoms with Gasteiger partial charge in [0.25, 0.3) is 0 Å². The van der Waals surface area contributed by atoms with E-state index < -0.39 is 5.41 Å². The quantitative estimate of drug-likeness (QED) is 0.909. The molecule has 0 spiro atoms. The van der Waals surface area contributed by atoms with Crippen molar-refractivity contribution in [2.45, 2.75) is 32.1 Å². The third kappa shape index (κ3) is 3.43. The number of hydrogen-bond donors (Lipinski definition) is 1. The zero-order valence-electron chi connectivity index (χ0n) is 15.0. The summed E-state index contributed by atoms with van der Waals surface area (Å²) in [6.07, 6.45) is 1.69. The van der Waals surface area contributed by atoms with Crippen LogP contribution in [0.1, 0.15) is 29.5 Å². The van der Waals surface area contributed by atoms with Crippen molar-refractivity contribution >= 4 is 17.5 Å². The van der Waals surface area contributed by atoms with E-state index in [1.54, 1.807) is 11.9 Å². The molecule has 0 heterocycles. The summed E-state index contributed by atoms with van der Waals surface area (Å²) in [5.41, 5.74) is 3.48. The first-order chi connectivity index (χ1) is 11.9. The fraction of sp³-hybridized carbons (Fsp3) is 0.333. The maximum absolute atomic E-state index is 12.9. The Morgan fingerprint density at radius 3 is 2.16 bits per heavy atom.